The van der Waals surface area contributed by atoms with E-state index in [4.69, 9.17) is 4.74 Å². The summed E-state index contributed by atoms with van der Waals surface area (Å²) in [6.07, 6.45) is 28.0. The number of ether oxygens (including phenoxy) is 1. The van der Waals surface area contributed by atoms with Gasteiger partial charge in [-0.15, -0.1) is 0 Å². The van der Waals surface area contributed by atoms with Crippen LogP contribution in [0.2, 0.25) is 0 Å². The van der Waals surface area contributed by atoms with Crippen molar-refractivity contribution in [2.75, 3.05) is 0 Å². The number of rotatable bonds is 15. The largest absolute Gasteiger partial charge is 0.427 e. The maximum absolute atomic E-state index is 11.7. The highest BCUT2D eigenvalue weighted by molar-refractivity contribution is 5.72. The van der Waals surface area contributed by atoms with E-state index < -0.39 is 0 Å². The van der Waals surface area contributed by atoms with Crippen LogP contribution in [0, 0.1) is 0 Å². The highest BCUT2D eigenvalue weighted by Gasteiger charge is 2.02. The second kappa shape index (κ2) is 18.0. The minimum atomic E-state index is -0.165. The Labute approximate surface area is 171 Å². The third-order valence-electron chi connectivity index (χ3n) is 4.18. The summed E-state index contributed by atoms with van der Waals surface area (Å²) < 4.78 is 5.26. The average molecular weight is 381 g/mol. The predicted octanol–water partition coefficient (Wildman–Crippen LogP) is 7.74. The zero-order valence-corrected chi connectivity index (χ0v) is 17.4. The Hall–Kier alpha value is -2.35. The summed E-state index contributed by atoms with van der Waals surface area (Å²) >= 11 is 0. The molecule has 0 saturated carbocycles. The molecule has 0 unspecified atom stereocenters. The van der Waals surface area contributed by atoms with Crippen LogP contribution in [0.3, 0.4) is 0 Å². The molecule has 0 fully saturated rings. The molecule has 0 aliphatic carbocycles. The second-order valence-electron chi connectivity index (χ2n) is 6.77. The van der Waals surface area contributed by atoms with E-state index in [9.17, 15) is 4.79 Å². The molecule has 0 aliphatic heterocycles. The quantitative estimate of drug-likeness (QED) is 0.135. The third-order valence-corrected chi connectivity index (χ3v) is 4.18. The van der Waals surface area contributed by atoms with Gasteiger partial charge in [0.05, 0.1) is 0 Å². The van der Waals surface area contributed by atoms with E-state index in [0.717, 1.165) is 32.1 Å². The first kappa shape index (κ1) is 23.7. The second-order valence-corrected chi connectivity index (χ2v) is 6.77. The van der Waals surface area contributed by atoms with Gasteiger partial charge in [-0.1, -0.05) is 86.6 Å². The number of benzene rings is 1. The van der Waals surface area contributed by atoms with Gasteiger partial charge in [0.15, 0.2) is 0 Å². The maximum Gasteiger partial charge on any atom is 0.311 e. The lowest BCUT2D eigenvalue weighted by molar-refractivity contribution is -0.134. The van der Waals surface area contributed by atoms with Crippen LogP contribution in [0.5, 0.6) is 5.75 Å². The molecule has 0 aliphatic rings. The lowest BCUT2D eigenvalue weighted by atomic mass is 10.2. The Kier molecular flexibility index (Phi) is 15.3. The van der Waals surface area contributed by atoms with Crippen LogP contribution in [0.1, 0.15) is 71.1 Å². The van der Waals surface area contributed by atoms with E-state index in [0.29, 0.717) is 12.2 Å². The van der Waals surface area contributed by atoms with Crippen LogP contribution in [0.25, 0.3) is 0 Å². The summed E-state index contributed by atoms with van der Waals surface area (Å²) in [6, 6.07) is 9.22. The SMILES string of the molecule is CCCCCC=CCC=CCC=CCC=CCCCC(=O)Oc1ccccc1. The first-order valence-corrected chi connectivity index (χ1v) is 10.7. The molecule has 0 bridgehead atoms. The summed E-state index contributed by atoms with van der Waals surface area (Å²) in [4.78, 5) is 11.7. The molecule has 1 aromatic carbocycles. The van der Waals surface area contributed by atoms with Gasteiger partial charge in [0.1, 0.15) is 5.75 Å². The molecule has 0 radical (unpaired) electrons. The average Bonchev–Trinajstić information content (AvgIpc) is 2.71. The van der Waals surface area contributed by atoms with E-state index in [1.54, 1.807) is 12.1 Å². The Morgan fingerprint density at radius 3 is 1.86 bits per heavy atom. The smallest absolute Gasteiger partial charge is 0.311 e. The normalized spacial score (nSPS) is 12.0. The van der Waals surface area contributed by atoms with E-state index in [2.05, 4.69) is 55.5 Å². The van der Waals surface area contributed by atoms with E-state index in [1.807, 2.05) is 18.2 Å². The number of para-hydroxylation sites is 1. The molecule has 0 heterocycles. The summed E-state index contributed by atoms with van der Waals surface area (Å²) in [7, 11) is 0. The van der Waals surface area contributed by atoms with Gasteiger partial charge in [-0.3, -0.25) is 4.79 Å². The van der Waals surface area contributed by atoms with E-state index in [1.165, 1.54) is 25.7 Å². The Morgan fingerprint density at radius 2 is 1.29 bits per heavy atom. The van der Waals surface area contributed by atoms with E-state index >= 15 is 0 Å². The fraction of sp³-hybridized carbons (Fsp3) is 0.423. The van der Waals surface area contributed by atoms with Gasteiger partial charge < -0.3 is 4.74 Å². The molecule has 2 heteroatoms. The summed E-state index contributed by atoms with van der Waals surface area (Å²) in [6.45, 7) is 2.24. The van der Waals surface area contributed by atoms with Gasteiger partial charge in [0.25, 0.3) is 0 Å². The van der Waals surface area contributed by atoms with Gasteiger partial charge >= 0.3 is 5.97 Å². The lowest BCUT2D eigenvalue weighted by Gasteiger charge is -2.02. The van der Waals surface area contributed by atoms with Crippen molar-refractivity contribution in [1.29, 1.82) is 0 Å². The van der Waals surface area contributed by atoms with Crippen molar-refractivity contribution in [2.45, 2.75) is 71.1 Å². The van der Waals surface area contributed by atoms with Crippen molar-refractivity contribution >= 4 is 5.97 Å². The minimum absolute atomic E-state index is 0.165. The Balaban J connectivity index is 1.95. The summed E-state index contributed by atoms with van der Waals surface area (Å²) in [5.74, 6) is 0.451. The lowest BCUT2D eigenvalue weighted by Crippen LogP contribution is -2.06. The molecule has 0 amide bonds. The number of hydrogen-bond acceptors (Lipinski definition) is 2. The molecule has 0 atom stereocenters. The van der Waals surface area contributed by atoms with Crippen LogP contribution >= 0.6 is 0 Å². The van der Waals surface area contributed by atoms with Crippen molar-refractivity contribution in [3.8, 4) is 5.75 Å². The molecule has 28 heavy (non-hydrogen) atoms. The zero-order valence-electron chi connectivity index (χ0n) is 17.4. The number of hydrogen-bond donors (Lipinski definition) is 0. The number of carbonyl (C=O) groups is 1. The first-order valence-electron chi connectivity index (χ1n) is 10.7. The highest BCUT2D eigenvalue weighted by Crippen LogP contribution is 2.10. The van der Waals surface area contributed by atoms with Gasteiger partial charge in [-0.25, -0.2) is 0 Å². The number of allylic oxidation sites excluding steroid dienone is 8. The molecule has 0 aromatic heterocycles. The minimum Gasteiger partial charge on any atom is -0.427 e. The standard InChI is InChI=1S/C26H36O2/c1-2-3-4-5-6-7-8-9-10-11-12-13-14-15-16-17-21-24-26(27)28-25-22-19-18-20-23-25/h6-7,9-10,12-13,15-16,18-20,22-23H,2-5,8,11,14,17,21,24H2,1H3. The molecular weight excluding hydrogens is 344 g/mol. The molecule has 1 rings (SSSR count). The Morgan fingerprint density at radius 1 is 0.750 bits per heavy atom. The molecule has 152 valence electrons. The van der Waals surface area contributed by atoms with Crippen molar-refractivity contribution in [1.82, 2.24) is 0 Å². The van der Waals surface area contributed by atoms with Crippen molar-refractivity contribution in [3.63, 3.8) is 0 Å². The Bertz CT molecular complexity index is 609. The monoisotopic (exact) mass is 380 g/mol. The summed E-state index contributed by atoms with van der Waals surface area (Å²) in [5.41, 5.74) is 0. The third kappa shape index (κ3) is 14.8. The first-order chi connectivity index (χ1) is 13.8. The molecule has 0 saturated heterocycles. The zero-order chi connectivity index (χ0) is 20.1. The van der Waals surface area contributed by atoms with Gasteiger partial charge in [-0.05, 0) is 57.1 Å². The topological polar surface area (TPSA) is 26.3 Å². The van der Waals surface area contributed by atoms with Crippen LogP contribution in [-0.2, 0) is 4.79 Å². The molecule has 2 nitrogen and oxygen atoms in total. The van der Waals surface area contributed by atoms with Crippen LogP contribution in [-0.4, -0.2) is 5.97 Å². The number of unbranched alkanes of at least 4 members (excludes halogenated alkanes) is 4. The molecule has 0 spiro atoms. The highest BCUT2D eigenvalue weighted by atomic mass is 16.5. The van der Waals surface area contributed by atoms with Crippen molar-refractivity contribution in [2.24, 2.45) is 0 Å². The fourth-order valence-electron chi connectivity index (χ4n) is 2.60. The molecule has 1 aromatic rings. The predicted molar refractivity (Wildman–Crippen MR) is 120 cm³/mol. The maximum atomic E-state index is 11.7. The van der Waals surface area contributed by atoms with Crippen LogP contribution in [0.4, 0.5) is 0 Å². The van der Waals surface area contributed by atoms with E-state index in [-0.39, 0.29) is 5.97 Å². The van der Waals surface area contributed by atoms with Gasteiger partial charge in [-0.2, -0.15) is 0 Å². The van der Waals surface area contributed by atoms with Crippen molar-refractivity contribution < 1.29 is 9.53 Å². The van der Waals surface area contributed by atoms with Gasteiger partial charge in [0, 0.05) is 6.42 Å². The number of esters is 1. The fourth-order valence-corrected chi connectivity index (χ4v) is 2.60. The van der Waals surface area contributed by atoms with Crippen LogP contribution < -0.4 is 4.74 Å². The van der Waals surface area contributed by atoms with Gasteiger partial charge in [0.2, 0.25) is 0 Å². The molecular formula is C26H36O2. The van der Waals surface area contributed by atoms with Crippen LogP contribution in [0.15, 0.2) is 78.9 Å². The number of carbonyl (C=O) groups excluding carboxylic acids is 1. The summed E-state index contributed by atoms with van der Waals surface area (Å²) in [5, 5.41) is 0. The molecule has 0 N–H and O–H groups in total. The van der Waals surface area contributed by atoms with Crippen molar-refractivity contribution in [3.05, 3.63) is 78.9 Å².